The highest BCUT2D eigenvalue weighted by molar-refractivity contribution is 6.04. The summed E-state index contributed by atoms with van der Waals surface area (Å²) in [5.74, 6) is 1.95. The maximum absolute atomic E-state index is 13.4. The van der Waals surface area contributed by atoms with E-state index in [1.54, 1.807) is 11.1 Å². The predicted octanol–water partition coefficient (Wildman–Crippen LogP) is 3.29. The van der Waals surface area contributed by atoms with Gasteiger partial charge < -0.3 is 39.7 Å². The molecule has 1 aromatic carbocycles. The van der Waals surface area contributed by atoms with E-state index in [1.807, 2.05) is 20.0 Å². The van der Waals surface area contributed by atoms with Gasteiger partial charge in [-0.3, -0.25) is 4.79 Å². The molecule has 42 heavy (non-hydrogen) atoms. The number of aromatic nitrogens is 2. The Balaban J connectivity index is 1.45. The number of amides is 1. The quantitative estimate of drug-likeness (QED) is 0.437. The molecule has 1 aromatic heterocycles. The van der Waals surface area contributed by atoms with Crippen LogP contribution in [0.25, 0.3) is 0 Å². The van der Waals surface area contributed by atoms with E-state index in [9.17, 15) is 9.90 Å². The van der Waals surface area contributed by atoms with Crippen molar-refractivity contribution >= 4 is 34.7 Å². The SMILES string of the molecule is CC=CN1CCC(N2c3nc(Nc4cc(N5CCN(CC)CC5)ccc4OCCO)ncc3N(C)C(=O)[C@H]2CC)CC1. The summed E-state index contributed by atoms with van der Waals surface area (Å²) < 4.78 is 5.89. The maximum atomic E-state index is 13.4. The molecule has 3 aliphatic rings. The van der Waals surface area contributed by atoms with Crippen molar-refractivity contribution in [3.8, 4) is 5.75 Å². The maximum Gasteiger partial charge on any atom is 0.249 e. The van der Waals surface area contributed by atoms with Crippen molar-refractivity contribution in [2.75, 3.05) is 86.1 Å². The molecular formula is C31H46N8O3. The number of nitrogens with zero attached hydrogens (tertiary/aromatic N) is 7. The first-order valence-corrected chi connectivity index (χ1v) is 15.4. The summed E-state index contributed by atoms with van der Waals surface area (Å²) in [6.07, 6.45) is 8.59. The number of rotatable bonds is 10. The van der Waals surface area contributed by atoms with Crippen molar-refractivity contribution in [3.05, 3.63) is 36.7 Å². The van der Waals surface area contributed by atoms with Crippen LogP contribution >= 0.6 is 0 Å². The normalized spacial score (nSPS) is 20.4. The minimum Gasteiger partial charge on any atom is -0.489 e. The summed E-state index contributed by atoms with van der Waals surface area (Å²) in [5, 5.41) is 12.8. The fourth-order valence-corrected chi connectivity index (χ4v) is 6.32. The van der Waals surface area contributed by atoms with E-state index in [0.29, 0.717) is 18.1 Å². The van der Waals surface area contributed by atoms with Gasteiger partial charge in [0, 0.05) is 58.0 Å². The van der Waals surface area contributed by atoms with Gasteiger partial charge in [0.25, 0.3) is 0 Å². The highest BCUT2D eigenvalue weighted by Gasteiger charge is 2.41. The Morgan fingerprint density at radius 1 is 1.12 bits per heavy atom. The van der Waals surface area contributed by atoms with Crippen LogP contribution in [-0.4, -0.2) is 109 Å². The van der Waals surface area contributed by atoms with E-state index in [0.717, 1.165) is 81.5 Å². The van der Waals surface area contributed by atoms with E-state index in [-0.39, 0.29) is 31.2 Å². The topological polar surface area (TPSA) is 101 Å². The Kier molecular flexibility index (Phi) is 9.69. The number of piperidine rings is 1. The van der Waals surface area contributed by atoms with E-state index < -0.39 is 0 Å². The number of benzene rings is 1. The average Bonchev–Trinajstić information content (AvgIpc) is 3.02. The standard InChI is InChI=1S/C31H46N8O3/c1-5-12-37-13-10-23(11-14-37)39-26(6-2)30(41)35(4)27-22-32-31(34-29(27)39)33-25-21-24(8-9-28(25)42-20-19-40)38-17-15-36(7-3)16-18-38/h5,8-9,12,21-23,26,40H,6-7,10-11,13-20H2,1-4H3,(H,32,33,34)/t26-/m1/s1. The first-order valence-electron chi connectivity index (χ1n) is 15.4. The predicted molar refractivity (Wildman–Crippen MR) is 168 cm³/mol. The van der Waals surface area contributed by atoms with Gasteiger partial charge in [-0.05, 0) is 57.1 Å². The molecule has 2 N–H and O–H groups in total. The van der Waals surface area contributed by atoms with Crippen LogP contribution in [0.3, 0.4) is 0 Å². The van der Waals surface area contributed by atoms with Crippen molar-refractivity contribution in [3.63, 3.8) is 0 Å². The fourth-order valence-electron chi connectivity index (χ4n) is 6.32. The lowest BCUT2D eigenvalue weighted by molar-refractivity contribution is -0.120. The monoisotopic (exact) mass is 578 g/mol. The number of allylic oxidation sites excluding steroid dienone is 1. The number of carbonyl (C=O) groups is 1. The second-order valence-corrected chi connectivity index (χ2v) is 11.2. The molecule has 0 saturated carbocycles. The summed E-state index contributed by atoms with van der Waals surface area (Å²) in [7, 11) is 1.81. The van der Waals surface area contributed by atoms with Crippen LogP contribution in [0.15, 0.2) is 36.7 Å². The third kappa shape index (κ3) is 6.27. The molecule has 0 aliphatic carbocycles. The van der Waals surface area contributed by atoms with E-state index in [1.165, 1.54) is 0 Å². The highest BCUT2D eigenvalue weighted by Crippen LogP contribution is 2.39. The van der Waals surface area contributed by atoms with Crippen molar-refractivity contribution in [2.24, 2.45) is 0 Å². The number of aliphatic hydroxyl groups excluding tert-OH is 1. The van der Waals surface area contributed by atoms with Crippen LogP contribution in [-0.2, 0) is 4.79 Å². The van der Waals surface area contributed by atoms with Crippen LogP contribution in [0, 0.1) is 0 Å². The molecule has 3 aliphatic heterocycles. The van der Waals surface area contributed by atoms with E-state index in [4.69, 9.17) is 9.72 Å². The van der Waals surface area contributed by atoms with Gasteiger partial charge in [0.05, 0.1) is 18.5 Å². The van der Waals surface area contributed by atoms with E-state index >= 15 is 0 Å². The summed E-state index contributed by atoms with van der Waals surface area (Å²) >= 11 is 0. The number of ether oxygens (including phenoxy) is 1. The van der Waals surface area contributed by atoms with Gasteiger partial charge in [-0.25, -0.2) is 4.98 Å². The number of fused-ring (bicyclic) bond motifs is 1. The Morgan fingerprint density at radius 3 is 2.55 bits per heavy atom. The summed E-state index contributed by atoms with van der Waals surface area (Å²) in [6.45, 7) is 13.4. The Morgan fingerprint density at radius 2 is 1.88 bits per heavy atom. The lowest BCUT2D eigenvalue weighted by Gasteiger charge is -2.46. The molecule has 5 rings (SSSR count). The molecule has 228 valence electrons. The summed E-state index contributed by atoms with van der Waals surface area (Å²) in [4.78, 5) is 34.3. The number of likely N-dealkylation sites (tertiary alicyclic amines) is 1. The third-order valence-electron chi connectivity index (χ3n) is 8.69. The third-order valence-corrected chi connectivity index (χ3v) is 8.69. The van der Waals surface area contributed by atoms with Crippen LogP contribution in [0.4, 0.5) is 28.8 Å². The van der Waals surface area contributed by atoms with Gasteiger partial charge in [0.2, 0.25) is 11.9 Å². The lowest BCUT2D eigenvalue weighted by Crippen LogP contribution is -2.58. The Labute approximate surface area is 249 Å². The molecule has 11 heteroatoms. The van der Waals surface area contributed by atoms with Gasteiger partial charge in [-0.2, -0.15) is 4.98 Å². The first kappa shape index (κ1) is 29.9. The second-order valence-electron chi connectivity index (χ2n) is 11.2. The molecule has 2 fully saturated rings. The van der Waals surface area contributed by atoms with Gasteiger partial charge >= 0.3 is 0 Å². The van der Waals surface area contributed by atoms with Crippen LogP contribution < -0.4 is 24.8 Å². The van der Waals surface area contributed by atoms with Crippen molar-refractivity contribution < 1.29 is 14.6 Å². The molecule has 4 heterocycles. The van der Waals surface area contributed by atoms with Gasteiger partial charge in [-0.1, -0.05) is 19.9 Å². The molecular weight excluding hydrogens is 532 g/mol. The molecule has 1 atom stereocenters. The molecule has 0 spiro atoms. The zero-order valence-electron chi connectivity index (χ0n) is 25.5. The molecule has 0 radical (unpaired) electrons. The number of piperazine rings is 1. The first-order chi connectivity index (χ1) is 20.5. The highest BCUT2D eigenvalue weighted by atomic mass is 16.5. The summed E-state index contributed by atoms with van der Waals surface area (Å²) in [6, 6.07) is 6.04. The number of aliphatic hydroxyl groups is 1. The number of anilines is 5. The smallest absolute Gasteiger partial charge is 0.249 e. The van der Waals surface area contributed by atoms with Gasteiger partial charge in [0.1, 0.15) is 24.1 Å². The fraction of sp³-hybridized carbons (Fsp3) is 0.581. The van der Waals surface area contributed by atoms with Crippen molar-refractivity contribution in [1.29, 1.82) is 0 Å². The number of likely N-dealkylation sites (N-methyl/N-ethyl adjacent to an activating group) is 2. The number of hydrogen-bond donors (Lipinski definition) is 2. The number of hydrogen-bond acceptors (Lipinski definition) is 10. The van der Waals surface area contributed by atoms with Gasteiger partial charge in [-0.15, -0.1) is 0 Å². The molecule has 1 amide bonds. The number of nitrogens with one attached hydrogen (secondary N) is 1. The Hall–Kier alpha value is -3.57. The van der Waals surface area contributed by atoms with Crippen LogP contribution in [0.5, 0.6) is 5.75 Å². The molecule has 0 bridgehead atoms. The molecule has 2 aromatic rings. The van der Waals surface area contributed by atoms with E-state index in [2.05, 4.69) is 68.2 Å². The average molecular weight is 579 g/mol. The molecule has 2 saturated heterocycles. The summed E-state index contributed by atoms with van der Waals surface area (Å²) in [5.41, 5.74) is 2.58. The number of carbonyl (C=O) groups excluding carboxylic acids is 1. The van der Waals surface area contributed by atoms with Crippen molar-refractivity contribution in [1.82, 2.24) is 19.8 Å². The van der Waals surface area contributed by atoms with Crippen LogP contribution in [0.2, 0.25) is 0 Å². The van der Waals surface area contributed by atoms with Gasteiger partial charge in [0.15, 0.2) is 5.82 Å². The largest absolute Gasteiger partial charge is 0.489 e. The molecule has 0 unspecified atom stereocenters. The molecule has 11 nitrogen and oxygen atoms in total. The minimum absolute atomic E-state index is 0.0733. The Bertz CT molecular complexity index is 1240. The zero-order valence-corrected chi connectivity index (χ0v) is 25.5. The zero-order chi connectivity index (χ0) is 29.6. The lowest BCUT2D eigenvalue weighted by atomic mass is 9.97. The minimum atomic E-state index is -0.267. The second kappa shape index (κ2) is 13.6. The van der Waals surface area contributed by atoms with Crippen molar-refractivity contribution in [2.45, 2.75) is 52.1 Å². The van der Waals surface area contributed by atoms with Crippen LogP contribution in [0.1, 0.15) is 40.0 Å².